The second-order valence-electron chi connectivity index (χ2n) is 13.5. The fourth-order valence-electron chi connectivity index (χ4n) is 8.14. The zero-order valence-electron chi connectivity index (χ0n) is 28.7. The number of rotatable bonds is 6. The summed E-state index contributed by atoms with van der Waals surface area (Å²) < 4.78 is 7.05. The summed E-state index contributed by atoms with van der Waals surface area (Å²) in [4.78, 5) is 2.34. The minimum Gasteiger partial charge on any atom is -0.455 e. The van der Waals surface area contributed by atoms with Gasteiger partial charge in [0.15, 0.2) is 0 Å². The molecule has 1 aliphatic rings. The average molecular weight is 666 g/mol. The summed E-state index contributed by atoms with van der Waals surface area (Å²) in [5.74, 6) is 0. The van der Waals surface area contributed by atoms with Crippen LogP contribution in [0.4, 0.5) is 17.1 Å². The Labute approximate surface area is 303 Å². The van der Waals surface area contributed by atoms with E-state index in [1.54, 1.807) is 0 Å². The number of nitrogens with zero attached hydrogens (tertiary/aromatic N) is 1. The Hall–Kier alpha value is -6.64. The summed E-state index contributed by atoms with van der Waals surface area (Å²) in [7, 11) is 0. The van der Waals surface area contributed by atoms with Crippen LogP contribution in [0.3, 0.4) is 0 Å². The number of furan rings is 1. The molecule has 8 aromatic carbocycles. The zero-order chi connectivity index (χ0) is 34.4. The molecule has 0 spiro atoms. The molecule has 0 bridgehead atoms. The Balaban J connectivity index is 1.16. The van der Waals surface area contributed by atoms with Crippen LogP contribution in [-0.4, -0.2) is 0 Å². The molecule has 52 heavy (non-hydrogen) atoms. The van der Waals surface area contributed by atoms with Crippen LogP contribution in [0.25, 0.3) is 71.3 Å². The Morgan fingerprint density at radius 1 is 0.365 bits per heavy atom. The van der Waals surface area contributed by atoms with Crippen molar-refractivity contribution >= 4 is 66.1 Å². The molecule has 1 heterocycles. The van der Waals surface area contributed by atoms with Crippen LogP contribution in [0.2, 0.25) is 0 Å². The molecule has 0 unspecified atom stereocenters. The smallest absolute Gasteiger partial charge is 0.143 e. The minimum absolute atomic E-state index is 0.907. The monoisotopic (exact) mass is 665 g/mol. The molecule has 246 valence electrons. The van der Waals surface area contributed by atoms with Gasteiger partial charge in [-0.15, -0.1) is 0 Å². The first kappa shape index (κ1) is 30.2. The van der Waals surface area contributed by atoms with E-state index in [9.17, 15) is 0 Å². The highest BCUT2D eigenvalue weighted by Crippen LogP contribution is 2.46. The molecule has 0 aliphatic heterocycles. The molecule has 0 saturated heterocycles. The van der Waals surface area contributed by atoms with Crippen molar-refractivity contribution in [3.63, 3.8) is 0 Å². The number of allylic oxidation sites excluding steroid dienone is 4. The lowest BCUT2D eigenvalue weighted by molar-refractivity contribution is 0.671. The summed E-state index contributed by atoms with van der Waals surface area (Å²) in [6, 6.07) is 60.9. The van der Waals surface area contributed by atoms with Gasteiger partial charge >= 0.3 is 0 Å². The van der Waals surface area contributed by atoms with Crippen LogP contribution in [0, 0.1) is 0 Å². The highest BCUT2D eigenvalue weighted by Gasteiger charge is 2.21. The zero-order valence-corrected chi connectivity index (χ0v) is 28.7. The second kappa shape index (κ2) is 12.6. The lowest BCUT2D eigenvalue weighted by atomic mass is 9.90. The number of fused-ring (bicyclic) bond motifs is 5. The molecule has 0 amide bonds. The first-order chi connectivity index (χ1) is 25.8. The molecular formula is C50H35NO. The first-order valence-corrected chi connectivity index (χ1v) is 18.1. The third-order valence-corrected chi connectivity index (χ3v) is 10.5. The number of anilines is 3. The number of hydrogen-bond donors (Lipinski definition) is 0. The van der Waals surface area contributed by atoms with Crippen molar-refractivity contribution in [2.45, 2.75) is 12.8 Å². The maximum Gasteiger partial charge on any atom is 0.143 e. The molecule has 2 nitrogen and oxygen atoms in total. The van der Waals surface area contributed by atoms with Crippen LogP contribution in [-0.2, 0) is 0 Å². The molecule has 0 N–H and O–H groups in total. The van der Waals surface area contributed by atoms with Crippen molar-refractivity contribution in [2.75, 3.05) is 4.90 Å². The second-order valence-corrected chi connectivity index (χ2v) is 13.5. The molecule has 9 aromatic rings. The SMILES string of the molecule is C1=CC(c2ccc(-c3cccc4c3oc3c(-c5ccc(N(c6ccccc6)c6ccccc6)c6ccccc56)cccc34)c3ccccc23)=CCC1. The number of hydrogen-bond acceptors (Lipinski definition) is 2. The molecule has 1 aliphatic carbocycles. The van der Waals surface area contributed by atoms with Gasteiger partial charge in [0.2, 0.25) is 0 Å². The third kappa shape index (κ3) is 4.95. The Morgan fingerprint density at radius 2 is 0.846 bits per heavy atom. The van der Waals surface area contributed by atoms with E-state index in [-0.39, 0.29) is 0 Å². The van der Waals surface area contributed by atoms with Gasteiger partial charge in [-0.2, -0.15) is 0 Å². The molecular weight excluding hydrogens is 631 g/mol. The standard InChI is InChI=1S/C50H35NO/c1-4-16-34(17-5-1)37-30-31-41(39-23-11-10-22-38(37)39)44-26-14-28-46-47-29-15-27-45(50(47)52-49(44)46)42-32-33-48(43-25-13-12-24-40(42)43)51(35-18-6-2-7-19-35)36-20-8-3-9-21-36/h2-4,6-33H,1,5H2. The lowest BCUT2D eigenvalue weighted by Crippen LogP contribution is -2.10. The topological polar surface area (TPSA) is 16.4 Å². The van der Waals surface area contributed by atoms with Crippen LogP contribution in [0.15, 0.2) is 193 Å². The third-order valence-electron chi connectivity index (χ3n) is 10.5. The van der Waals surface area contributed by atoms with Gasteiger partial charge in [0.05, 0.1) is 5.69 Å². The van der Waals surface area contributed by atoms with E-state index in [1.807, 2.05) is 0 Å². The summed E-state index contributed by atoms with van der Waals surface area (Å²) in [5.41, 5.74) is 12.3. The average Bonchev–Trinajstić information content (AvgIpc) is 3.61. The van der Waals surface area contributed by atoms with Gasteiger partial charge in [-0.25, -0.2) is 0 Å². The summed E-state index contributed by atoms with van der Waals surface area (Å²) in [5, 5.41) is 7.10. The highest BCUT2D eigenvalue weighted by atomic mass is 16.3. The van der Waals surface area contributed by atoms with Gasteiger partial charge in [0.25, 0.3) is 0 Å². The summed E-state index contributed by atoms with van der Waals surface area (Å²) in [6.45, 7) is 0. The minimum atomic E-state index is 0.907. The maximum atomic E-state index is 7.05. The van der Waals surface area contributed by atoms with Gasteiger partial charge < -0.3 is 9.32 Å². The van der Waals surface area contributed by atoms with Gasteiger partial charge in [-0.1, -0.05) is 158 Å². The van der Waals surface area contributed by atoms with E-state index in [1.165, 1.54) is 38.2 Å². The van der Waals surface area contributed by atoms with E-state index < -0.39 is 0 Å². The number of benzene rings is 8. The van der Waals surface area contributed by atoms with Crippen molar-refractivity contribution in [1.82, 2.24) is 0 Å². The van der Waals surface area contributed by atoms with E-state index in [0.717, 1.165) is 68.5 Å². The largest absolute Gasteiger partial charge is 0.455 e. The van der Waals surface area contributed by atoms with E-state index in [2.05, 4.69) is 193 Å². The first-order valence-electron chi connectivity index (χ1n) is 18.1. The van der Waals surface area contributed by atoms with Crippen LogP contribution >= 0.6 is 0 Å². The Morgan fingerprint density at radius 3 is 1.42 bits per heavy atom. The maximum absolute atomic E-state index is 7.05. The highest BCUT2D eigenvalue weighted by molar-refractivity contribution is 6.17. The van der Waals surface area contributed by atoms with Crippen molar-refractivity contribution < 1.29 is 4.42 Å². The normalized spacial score (nSPS) is 12.9. The fourth-order valence-corrected chi connectivity index (χ4v) is 8.14. The van der Waals surface area contributed by atoms with E-state index >= 15 is 0 Å². The van der Waals surface area contributed by atoms with Gasteiger partial charge in [-0.3, -0.25) is 0 Å². The summed E-state index contributed by atoms with van der Waals surface area (Å²) in [6.07, 6.45) is 9.10. The molecule has 2 heteroatoms. The molecule has 0 saturated carbocycles. The van der Waals surface area contributed by atoms with Crippen LogP contribution in [0.1, 0.15) is 18.4 Å². The molecule has 0 atom stereocenters. The van der Waals surface area contributed by atoms with Gasteiger partial charge in [0.1, 0.15) is 11.2 Å². The Kier molecular flexibility index (Phi) is 7.32. The van der Waals surface area contributed by atoms with Crippen molar-refractivity contribution in [1.29, 1.82) is 0 Å². The number of para-hydroxylation sites is 4. The fraction of sp³-hybridized carbons (Fsp3) is 0.0400. The predicted molar refractivity (Wildman–Crippen MR) is 221 cm³/mol. The van der Waals surface area contributed by atoms with E-state index in [0.29, 0.717) is 0 Å². The van der Waals surface area contributed by atoms with Crippen molar-refractivity contribution in [2.24, 2.45) is 0 Å². The van der Waals surface area contributed by atoms with Gasteiger partial charge in [-0.05, 0) is 81.6 Å². The molecule has 0 radical (unpaired) electrons. The van der Waals surface area contributed by atoms with Crippen LogP contribution < -0.4 is 4.90 Å². The predicted octanol–water partition coefficient (Wildman–Crippen LogP) is 14.4. The lowest BCUT2D eigenvalue weighted by Gasteiger charge is -2.27. The van der Waals surface area contributed by atoms with Crippen LogP contribution in [0.5, 0.6) is 0 Å². The quantitative estimate of drug-likeness (QED) is 0.176. The molecule has 1 aromatic heterocycles. The van der Waals surface area contributed by atoms with Crippen molar-refractivity contribution in [3.8, 4) is 22.3 Å². The molecule has 0 fully saturated rings. The Bertz CT molecular complexity index is 2800. The molecule has 10 rings (SSSR count). The van der Waals surface area contributed by atoms with Crippen molar-refractivity contribution in [3.05, 3.63) is 194 Å². The van der Waals surface area contributed by atoms with Gasteiger partial charge in [0, 0.05) is 38.7 Å². The van der Waals surface area contributed by atoms with E-state index in [4.69, 9.17) is 4.42 Å². The summed E-state index contributed by atoms with van der Waals surface area (Å²) >= 11 is 0.